The maximum atomic E-state index is 10.8. The van der Waals surface area contributed by atoms with Crippen molar-refractivity contribution in [1.29, 1.82) is 0 Å². The van der Waals surface area contributed by atoms with Crippen LogP contribution in [0, 0.1) is 0 Å². The molecule has 0 saturated carbocycles. The van der Waals surface area contributed by atoms with Gasteiger partial charge in [0.05, 0.1) is 22.0 Å². The Hall–Kier alpha value is 0.870. The predicted molar refractivity (Wildman–Crippen MR) is 86.3 cm³/mol. The van der Waals surface area contributed by atoms with Crippen molar-refractivity contribution in [3.05, 3.63) is 0 Å². The monoisotopic (exact) mass is 344 g/mol. The van der Waals surface area contributed by atoms with Gasteiger partial charge in [0, 0.05) is 0 Å². The first-order valence-corrected chi connectivity index (χ1v) is 10.0. The average molecular weight is 344 g/mol. The molecule has 0 bridgehead atoms. The summed E-state index contributed by atoms with van der Waals surface area (Å²) in [5.41, 5.74) is 0. The van der Waals surface area contributed by atoms with Crippen molar-refractivity contribution >= 4 is 10.1 Å². The molecular formula is C16H33NaO4S. The van der Waals surface area contributed by atoms with E-state index < -0.39 is 22.0 Å². The van der Waals surface area contributed by atoms with Crippen molar-refractivity contribution in [3.8, 4) is 0 Å². The fourth-order valence-corrected chi connectivity index (χ4v) is 3.18. The van der Waals surface area contributed by atoms with Gasteiger partial charge in [-0.3, -0.25) is 0 Å². The Bertz CT molecular complexity index is 320. The molecule has 0 heterocycles. The number of unbranched alkanes of at least 4 members (excludes halogenated alkanes) is 11. The summed E-state index contributed by atoms with van der Waals surface area (Å²) in [6, 6.07) is 0. The SMILES string of the molecule is CCCCCCCCCCCCCCC(CO)S(=O)(=O)[O-].[Na+]. The molecule has 0 amide bonds. The Balaban J connectivity index is 0. The Morgan fingerprint density at radius 2 is 1.18 bits per heavy atom. The largest absolute Gasteiger partial charge is 1.00 e. The molecule has 0 aliphatic carbocycles. The first kappa shape index (κ1) is 25.1. The summed E-state index contributed by atoms with van der Waals surface area (Å²) in [7, 11) is -4.33. The molecular weight excluding hydrogens is 311 g/mol. The van der Waals surface area contributed by atoms with Gasteiger partial charge in [0.25, 0.3) is 0 Å². The summed E-state index contributed by atoms with van der Waals surface area (Å²) in [6.07, 6.45) is 14.8. The summed E-state index contributed by atoms with van der Waals surface area (Å²) in [6.45, 7) is 1.68. The van der Waals surface area contributed by atoms with Gasteiger partial charge in [-0.2, -0.15) is 0 Å². The molecule has 0 aliphatic heterocycles. The molecule has 0 aromatic carbocycles. The van der Waals surface area contributed by atoms with Crippen LogP contribution in [0.25, 0.3) is 0 Å². The van der Waals surface area contributed by atoms with Crippen molar-refractivity contribution in [2.24, 2.45) is 0 Å². The van der Waals surface area contributed by atoms with Gasteiger partial charge >= 0.3 is 29.6 Å². The van der Waals surface area contributed by atoms with E-state index in [4.69, 9.17) is 5.11 Å². The fraction of sp³-hybridized carbons (Fsp3) is 1.00. The minimum Gasteiger partial charge on any atom is -0.748 e. The van der Waals surface area contributed by atoms with Crippen LogP contribution < -0.4 is 29.6 Å². The molecule has 0 aliphatic rings. The summed E-state index contributed by atoms with van der Waals surface area (Å²) < 4.78 is 32.3. The van der Waals surface area contributed by atoms with Crippen LogP contribution in [-0.4, -0.2) is 29.9 Å². The van der Waals surface area contributed by atoms with E-state index >= 15 is 0 Å². The third kappa shape index (κ3) is 15.8. The standard InChI is InChI=1S/C16H34O4S.Na/c1-2-3-4-5-6-7-8-9-10-11-12-13-14-16(15-17)21(18,19)20;/h16-17H,2-15H2,1H3,(H,18,19,20);/q;+1/p-1. The van der Waals surface area contributed by atoms with Gasteiger partial charge in [-0.1, -0.05) is 84.0 Å². The van der Waals surface area contributed by atoms with Crippen LogP contribution in [0.1, 0.15) is 90.4 Å². The Morgan fingerprint density at radius 1 is 0.818 bits per heavy atom. The molecule has 1 N–H and O–H groups in total. The Morgan fingerprint density at radius 3 is 1.50 bits per heavy atom. The van der Waals surface area contributed by atoms with Gasteiger partial charge in [0.15, 0.2) is 0 Å². The quantitative estimate of drug-likeness (QED) is 0.273. The van der Waals surface area contributed by atoms with Crippen LogP contribution in [0.2, 0.25) is 0 Å². The van der Waals surface area contributed by atoms with Gasteiger partial charge in [-0.15, -0.1) is 0 Å². The van der Waals surface area contributed by atoms with Crippen molar-refractivity contribution in [2.75, 3.05) is 6.61 Å². The first-order valence-electron chi connectivity index (χ1n) is 8.58. The van der Waals surface area contributed by atoms with Gasteiger partial charge in [0.1, 0.15) is 0 Å². The average Bonchev–Trinajstić information content (AvgIpc) is 2.42. The van der Waals surface area contributed by atoms with E-state index in [2.05, 4.69) is 6.92 Å². The molecule has 0 fully saturated rings. The first-order chi connectivity index (χ1) is 10.0. The number of hydrogen-bond donors (Lipinski definition) is 1. The molecule has 0 rings (SSSR count). The van der Waals surface area contributed by atoms with Crippen molar-refractivity contribution in [2.45, 2.75) is 95.6 Å². The van der Waals surface area contributed by atoms with Crippen LogP contribution >= 0.6 is 0 Å². The summed E-state index contributed by atoms with van der Waals surface area (Å²) in [5, 5.41) is 7.75. The van der Waals surface area contributed by atoms with Gasteiger partial charge < -0.3 is 9.66 Å². The van der Waals surface area contributed by atoms with E-state index in [-0.39, 0.29) is 29.6 Å². The fourth-order valence-electron chi connectivity index (χ4n) is 2.54. The van der Waals surface area contributed by atoms with Crippen molar-refractivity contribution in [3.63, 3.8) is 0 Å². The molecule has 6 heteroatoms. The van der Waals surface area contributed by atoms with E-state index in [1.807, 2.05) is 0 Å². The van der Waals surface area contributed by atoms with E-state index in [9.17, 15) is 13.0 Å². The molecule has 0 aromatic heterocycles. The number of aliphatic hydroxyl groups is 1. The Kier molecular flexibility index (Phi) is 19.1. The third-order valence-electron chi connectivity index (χ3n) is 3.99. The summed E-state index contributed by atoms with van der Waals surface area (Å²) in [4.78, 5) is 0. The van der Waals surface area contributed by atoms with Crippen LogP contribution in [0.3, 0.4) is 0 Å². The zero-order chi connectivity index (χ0) is 16.0. The molecule has 0 saturated heterocycles. The molecule has 22 heavy (non-hydrogen) atoms. The second kappa shape index (κ2) is 16.7. The van der Waals surface area contributed by atoms with Gasteiger partial charge in [0.2, 0.25) is 0 Å². The zero-order valence-electron chi connectivity index (χ0n) is 14.6. The third-order valence-corrected chi connectivity index (χ3v) is 5.19. The topological polar surface area (TPSA) is 77.4 Å². The number of rotatable bonds is 15. The second-order valence-corrected chi connectivity index (χ2v) is 7.63. The Labute approximate surface area is 159 Å². The molecule has 1 unspecified atom stereocenters. The molecule has 0 spiro atoms. The van der Waals surface area contributed by atoms with Crippen LogP contribution in [0.5, 0.6) is 0 Å². The van der Waals surface area contributed by atoms with Gasteiger partial charge in [-0.05, 0) is 6.42 Å². The maximum Gasteiger partial charge on any atom is 1.00 e. The molecule has 0 aromatic rings. The van der Waals surface area contributed by atoms with Gasteiger partial charge in [-0.25, -0.2) is 8.42 Å². The maximum absolute atomic E-state index is 10.8. The minimum absolute atomic E-state index is 0. The minimum atomic E-state index is -4.33. The summed E-state index contributed by atoms with van der Waals surface area (Å²) in [5.74, 6) is 0. The van der Waals surface area contributed by atoms with Crippen molar-refractivity contribution < 1.29 is 47.6 Å². The number of aliphatic hydroxyl groups excluding tert-OH is 1. The van der Waals surface area contributed by atoms with E-state index in [0.717, 1.165) is 12.8 Å². The normalized spacial score (nSPS) is 12.9. The van der Waals surface area contributed by atoms with E-state index in [1.54, 1.807) is 0 Å². The van der Waals surface area contributed by atoms with E-state index in [1.165, 1.54) is 57.8 Å². The van der Waals surface area contributed by atoms with Crippen molar-refractivity contribution in [1.82, 2.24) is 0 Å². The molecule has 1 atom stereocenters. The van der Waals surface area contributed by atoms with E-state index in [0.29, 0.717) is 12.8 Å². The molecule has 0 radical (unpaired) electrons. The molecule has 4 nitrogen and oxygen atoms in total. The van der Waals surface area contributed by atoms with Crippen LogP contribution in [0.15, 0.2) is 0 Å². The van der Waals surface area contributed by atoms with Crippen LogP contribution in [-0.2, 0) is 10.1 Å². The van der Waals surface area contributed by atoms with Crippen LogP contribution in [0.4, 0.5) is 0 Å². The smallest absolute Gasteiger partial charge is 0.748 e. The predicted octanol–water partition coefficient (Wildman–Crippen LogP) is 0.988. The summed E-state index contributed by atoms with van der Waals surface area (Å²) >= 11 is 0. The zero-order valence-corrected chi connectivity index (χ0v) is 17.4. The molecule has 128 valence electrons. The number of hydrogen-bond acceptors (Lipinski definition) is 4. The second-order valence-electron chi connectivity index (χ2n) is 5.98.